The van der Waals surface area contributed by atoms with Crippen molar-refractivity contribution in [1.29, 1.82) is 0 Å². The molecule has 1 N–H and O–H groups in total. The molecule has 0 saturated carbocycles. The minimum absolute atomic E-state index is 0. The number of fused-ring (bicyclic) bond motifs is 1. The van der Waals surface area contributed by atoms with E-state index in [4.69, 9.17) is 4.98 Å². The van der Waals surface area contributed by atoms with E-state index in [9.17, 15) is 0 Å². The zero-order chi connectivity index (χ0) is 17.2. The number of thiol groups is 1. The van der Waals surface area contributed by atoms with Crippen LogP contribution in [0.1, 0.15) is 19.3 Å². The van der Waals surface area contributed by atoms with E-state index in [2.05, 4.69) is 45.8 Å². The van der Waals surface area contributed by atoms with Crippen LogP contribution in [0.25, 0.3) is 11.0 Å². The number of aromatic nitrogens is 3. The van der Waals surface area contributed by atoms with E-state index >= 15 is 0 Å². The molecule has 1 fully saturated rings. The van der Waals surface area contributed by atoms with Crippen LogP contribution in [-0.2, 0) is 18.6 Å². The Morgan fingerprint density at radius 2 is 2.00 bits per heavy atom. The SMILES string of the molecule is [CH2-]C1CCCCN1c1[c-]cc2ncnc(Nc3ccc(S)cc3)c2n1.[V+2]. The van der Waals surface area contributed by atoms with E-state index < -0.39 is 0 Å². The van der Waals surface area contributed by atoms with E-state index in [0.29, 0.717) is 5.82 Å². The molecule has 3 heterocycles. The number of nitrogens with zero attached hydrogens (tertiary/aromatic N) is 4. The molecule has 1 radical (unpaired) electrons. The van der Waals surface area contributed by atoms with Gasteiger partial charge in [0.1, 0.15) is 5.82 Å². The van der Waals surface area contributed by atoms with Crippen LogP contribution in [0.5, 0.6) is 0 Å². The molecule has 1 aliphatic heterocycles. The zero-order valence-electron chi connectivity index (χ0n) is 14.3. The van der Waals surface area contributed by atoms with Gasteiger partial charge in [0.25, 0.3) is 0 Å². The van der Waals surface area contributed by atoms with Crippen molar-refractivity contribution in [3.05, 3.63) is 49.6 Å². The van der Waals surface area contributed by atoms with Crippen LogP contribution in [0.2, 0.25) is 0 Å². The zero-order valence-corrected chi connectivity index (χ0v) is 16.6. The molecule has 1 aromatic carbocycles. The minimum Gasteiger partial charge on any atom is -0.399 e. The molecular weight excluding hydrogens is 381 g/mol. The van der Waals surface area contributed by atoms with E-state index in [1.165, 1.54) is 12.7 Å². The molecule has 1 atom stereocenters. The molecule has 26 heavy (non-hydrogen) atoms. The third-order valence-electron chi connectivity index (χ3n) is 4.44. The molecule has 1 aliphatic rings. The first-order chi connectivity index (χ1) is 12.2. The smallest absolute Gasteiger partial charge is 0.399 e. The fourth-order valence-electron chi connectivity index (χ4n) is 3.08. The summed E-state index contributed by atoms with van der Waals surface area (Å²) in [5, 5.41) is 3.32. The van der Waals surface area contributed by atoms with Crippen molar-refractivity contribution < 1.29 is 18.6 Å². The number of hydrogen-bond donors (Lipinski definition) is 2. The maximum absolute atomic E-state index is 4.79. The topological polar surface area (TPSA) is 53.9 Å². The van der Waals surface area contributed by atoms with Crippen molar-refractivity contribution in [2.45, 2.75) is 30.2 Å². The first-order valence-electron chi connectivity index (χ1n) is 8.40. The van der Waals surface area contributed by atoms with E-state index in [1.807, 2.05) is 30.3 Å². The summed E-state index contributed by atoms with van der Waals surface area (Å²) in [7, 11) is 0. The third kappa shape index (κ3) is 3.98. The first kappa shape index (κ1) is 19.0. The Hall–Kier alpha value is -1.76. The minimum atomic E-state index is 0. The van der Waals surface area contributed by atoms with Gasteiger partial charge in [0.2, 0.25) is 0 Å². The molecule has 4 rings (SSSR count). The summed E-state index contributed by atoms with van der Waals surface area (Å²) in [5.74, 6) is 1.50. The van der Waals surface area contributed by atoms with Gasteiger partial charge >= 0.3 is 18.6 Å². The Morgan fingerprint density at radius 3 is 2.77 bits per heavy atom. The monoisotopic (exact) mass is 400 g/mol. The molecule has 0 spiro atoms. The molecule has 2 aromatic heterocycles. The quantitative estimate of drug-likeness (QED) is 0.513. The normalized spacial score (nSPS) is 17.0. The Morgan fingerprint density at radius 1 is 1.19 bits per heavy atom. The standard InChI is InChI=1S/C19H19N5S.V/c1-13-4-2-3-11-24(13)17-10-9-16-18(23-17)19(21-12-20-16)22-14-5-7-15(25)8-6-14;/h5-9,12-13,25H,1-4,11H2,(H,20,21,22);/q-2;+2. The number of pyridine rings is 1. The van der Waals surface area contributed by atoms with Gasteiger partial charge in [0.05, 0.1) is 11.8 Å². The molecule has 5 nitrogen and oxygen atoms in total. The summed E-state index contributed by atoms with van der Waals surface area (Å²) in [6.45, 7) is 5.21. The molecule has 3 aromatic rings. The van der Waals surface area contributed by atoms with Crippen LogP contribution in [-0.4, -0.2) is 27.5 Å². The van der Waals surface area contributed by atoms with Crippen LogP contribution >= 0.6 is 12.6 Å². The summed E-state index contributed by atoms with van der Waals surface area (Å²) >= 11 is 4.32. The van der Waals surface area contributed by atoms with Gasteiger partial charge in [-0.3, -0.25) is 4.98 Å². The van der Waals surface area contributed by atoms with Gasteiger partial charge < -0.3 is 22.1 Å². The summed E-state index contributed by atoms with van der Waals surface area (Å²) in [4.78, 5) is 16.6. The van der Waals surface area contributed by atoms with E-state index in [-0.39, 0.29) is 24.6 Å². The predicted molar refractivity (Wildman–Crippen MR) is 103 cm³/mol. The van der Waals surface area contributed by atoms with Crippen LogP contribution in [0, 0.1) is 13.0 Å². The van der Waals surface area contributed by atoms with Gasteiger partial charge in [-0.25, -0.2) is 17.1 Å². The van der Waals surface area contributed by atoms with Crippen molar-refractivity contribution in [2.24, 2.45) is 0 Å². The molecule has 0 bridgehead atoms. The molecule has 7 heteroatoms. The second-order valence-corrected chi connectivity index (χ2v) is 6.71. The van der Waals surface area contributed by atoms with Crippen LogP contribution in [0.15, 0.2) is 41.6 Å². The number of nitrogens with one attached hydrogen (secondary N) is 1. The van der Waals surface area contributed by atoms with Gasteiger partial charge in [-0.05, 0) is 30.7 Å². The second kappa shape index (κ2) is 8.29. The average molecular weight is 400 g/mol. The number of rotatable bonds is 3. The maximum atomic E-state index is 4.79. The van der Waals surface area contributed by atoms with Gasteiger partial charge in [0.15, 0.2) is 0 Å². The average Bonchev–Trinajstić information content (AvgIpc) is 2.64. The molecule has 0 aliphatic carbocycles. The Balaban J connectivity index is 0.00000196. The van der Waals surface area contributed by atoms with Crippen molar-refractivity contribution in [3.8, 4) is 0 Å². The van der Waals surface area contributed by atoms with Crippen LogP contribution in [0.4, 0.5) is 17.3 Å². The predicted octanol–water partition coefficient (Wildman–Crippen LogP) is 4.05. The van der Waals surface area contributed by atoms with Crippen molar-refractivity contribution in [1.82, 2.24) is 15.0 Å². The summed E-state index contributed by atoms with van der Waals surface area (Å²) in [6.07, 6.45) is 5.00. The fraction of sp³-hybridized carbons (Fsp3) is 0.263. The third-order valence-corrected chi connectivity index (χ3v) is 4.73. The Labute approximate surface area is 170 Å². The molecular formula is C19H19N5SV. The van der Waals surface area contributed by atoms with Gasteiger partial charge in [-0.1, -0.05) is 24.4 Å². The Bertz CT molecular complexity index is 887. The molecule has 131 valence electrons. The van der Waals surface area contributed by atoms with Crippen molar-refractivity contribution in [2.75, 3.05) is 16.8 Å². The number of benzene rings is 1. The molecule has 1 saturated heterocycles. The van der Waals surface area contributed by atoms with Gasteiger partial charge in [-0.15, -0.1) is 12.6 Å². The number of piperidine rings is 1. The van der Waals surface area contributed by atoms with Crippen molar-refractivity contribution in [3.63, 3.8) is 0 Å². The number of hydrogen-bond acceptors (Lipinski definition) is 6. The summed E-state index contributed by atoms with van der Waals surface area (Å²) in [5.41, 5.74) is 2.44. The van der Waals surface area contributed by atoms with Crippen LogP contribution < -0.4 is 10.2 Å². The van der Waals surface area contributed by atoms with Crippen LogP contribution in [0.3, 0.4) is 0 Å². The van der Waals surface area contributed by atoms with E-state index in [1.54, 1.807) is 0 Å². The van der Waals surface area contributed by atoms with E-state index in [0.717, 1.165) is 46.8 Å². The first-order valence-corrected chi connectivity index (χ1v) is 8.84. The summed E-state index contributed by atoms with van der Waals surface area (Å²) < 4.78 is 0. The second-order valence-electron chi connectivity index (χ2n) is 6.20. The maximum Gasteiger partial charge on any atom is 2.00 e. The van der Waals surface area contributed by atoms with Gasteiger partial charge in [0, 0.05) is 22.9 Å². The van der Waals surface area contributed by atoms with Gasteiger partial charge in [-0.2, -0.15) is 0 Å². The molecule has 1 unspecified atom stereocenters. The fourth-order valence-corrected chi connectivity index (χ4v) is 3.23. The Kier molecular flexibility index (Phi) is 6.07. The van der Waals surface area contributed by atoms with Crippen molar-refractivity contribution >= 4 is 41.0 Å². The largest absolute Gasteiger partial charge is 2.00 e. The number of anilines is 3. The molecule has 0 amide bonds. The summed E-state index contributed by atoms with van der Waals surface area (Å²) in [6, 6.07) is 13.2.